The van der Waals surface area contributed by atoms with Crippen LogP contribution >= 0.6 is 0 Å². The van der Waals surface area contributed by atoms with Gasteiger partial charge in [0.05, 0.1) is 18.1 Å². The number of carbonyl (C=O) groups is 1. The fraction of sp³-hybridized carbons (Fsp3) is 0.409. The van der Waals surface area contributed by atoms with Crippen LogP contribution in [0.5, 0.6) is 11.5 Å². The predicted octanol–water partition coefficient (Wildman–Crippen LogP) is 2.99. The topological polar surface area (TPSA) is 84.9 Å². The first-order valence-electron chi connectivity index (χ1n) is 10.5. The lowest BCUT2D eigenvalue weighted by atomic mass is 10.2. The van der Waals surface area contributed by atoms with Gasteiger partial charge in [0, 0.05) is 49.7 Å². The maximum absolute atomic E-state index is 14.0. The third kappa shape index (κ3) is 5.36. The minimum absolute atomic E-state index is 0.00899. The van der Waals surface area contributed by atoms with Crippen molar-refractivity contribution >= 4 is 15.9 Å². The van der Waals surface area contributed by atoms with E-state index in [4.69, 9.17) is 9.47 Å². The van der Waals surface area contributed by atoms with Gasteiger partial charge in [0.1, 0.15) is 11.6 Å². The summed E-state index contributed by atoms with van der Waals surface area (Å²) in [5, 5.41) is 0. The quantitative estimate of drug-likeness (QED) is 0.647. The Kier molecular flexibility index (Phi) is 6.61. The molecule has 1 aliphatic carbocycles. The Bertz CT molecular complexity index is 1110. The van der Waals surface area contributed by atoms with Crippen molar-refractivity contribution in [3.8, 4) is 11.5 Å². The summed E-state index contributed by atoms with van der Waals surface area (Å²) in [7, 11) is -3.86. The molecule has 0 unspecified atom stereocenters. The minimum Gasteiger partial charge on any atom is -0.490 e. The van der Waals surface area contributed by atoms with Crippen LogP contribution in [0.4, 0.5) is 8.78 Å². The van der Waals surface area contributed by atoms with E-state index in [1.807, 2.05) is 0 Å². The summed E-state index contributed by atoms with van der Waals surface area (Å²) < 4.78 is 65.9. The van der Waals surface area contributed by atoms with Crippen LogP contribution in [-0.2, 0) is 21.4 Å². The largest absolute Gasteiger partial charge is 0.490 e. The van der Waals surface area contributed by atoms with Gasteiger partial charge in [-0.05, 0) is 31.0 Å². The minimum atomic E-state index is -3.86. The molecule has 1 heterocycles. The van der Waals surface area contributed by atoms with Crippen molar-refractivity contribution in [1.29, 1.82) is 0 Å². The molecule has 0 saturated heterocycles. The molecule has 0 bridgehead atoms. The summed E-state index contributed by atoms with van der Waals surface area (Å²) in [6.45, 7) is 0.845. The van der Waals surface area contributed by atoms with E-state index in [0.717, 1.165) is 25.0 Å². The molecular formula is C22H24F2N2O5S. The lowest BCUT2D eigenvalue weighted by Gasteiger charge is -2.23. The lowest BCUT2D eigenvalue weighted by molar-refractivity contribution is -0.132. The molecule has 1 fully saturated rings. The summed E-state index contributed by atoms with van der Waals surface area (Å²) in [5.41, 5.74) is 0.222. The lowest BCUT2D eigenvalue weighted by Crippen LogP contribution is -2.36. The Morgan fingerprint density at radius 2 is 1.81 bits per heavy atom. The summed E-state index contributed by atoms with van der Waals surface area (Å²) in [6.07, 6.45) is 2.23. The Balaban J connectivity index is 1.37. The number of hydrogen-bond acceptors (Lipinski definition) is 5. The number of carbonyl (C=O) groups excluding carboxylic acids is 1. The number of benzene rings is 2. The normalized spacial score (nSPS) is 15.8. The van der Waals surface area contributed by atoms with Gasteiger partial charge in [-0.3, -0.25) is 4.79 Å². The van der Waals surface area contributed by atoms with Gasteiger partial charge in [0.25, 0.3) is 0 Å². The highest BCUT2D eigenvalue weighted by molar-refractivity contribution is 7.89. The molecule has 10 heteroatoms. The molecule has 32 heavy (non-hydrogen) atoms. The molecule has 1 amide bonds. The zero-order valence-electron chi connectivity index (χ0n) is 17.4. The molecule has 0 aromatic heterocycles. The van der Waals surface area contributed by atoms with E-state index in [1.54, 1.807) is 6.07 Å². The van der Waals surface area contributed by atoms with Crippen LogP contribution in [0.25, 0.3) is 0 Å². The van der Waals surface area contributed by atoms with Crippen LogP contribution < -0.4 is 14.2 Å². The van der Waals surface area contributed by atoms with Crippen molar-refractivity contribution in [2.24, 2.45) is 0 Å². The Morgan fingerprint density at radius 3 is 2.53 bits per heavy atom. The van der Waals surface area contributed by atoms with Crippen molar-refractivity contribution in [2.45, 2.75) is 43.2 Å². The number of nitrogens with one attached hydrogen (secondary N) is 1. The Hall–Kier alpha value is -2.72. The first kappa shape index (κ1) is 22.5. The molecule has 2 aromatic carbocycles. The summed E-state index contributed by atoms with van der Waals surface area (Å²) >= 11 is 0. The molecule has 1 aliphatic heterocycles. The molecular weight excluding hydrogens is 442 g/mol. The fourth-order valence-electron chi connectivity index (χ4n) is 3.47. The molecule has 172 valence electrons. The molecule has 2 aliphatic rings. The van der Waals surface area contributed by atoms with Gasteiger partial charge in [-0.1, -0.05) is 6.07 Å². The van der Waals surface area contributed by atoms with Crippen molar-refractivity contribution in [3.05, 3.63) is 53.6 Å². The SMILES string of the molecule is O=C(CCNS(=O)(=O)c1ccc2c(c1)OCCCO2)N(Cc1ccc(F)cc1F)C1CC1. The van der Waals surface area contributed by atoms with Crippen LogP contribution in [0.1, 0.15) is 31.2 Å². The van der Waals surface area contributed by atoms with E-state index in [0.29, 0.717) is 31.1 Å². The average Bonchev–Trinajstić information content (AvgIpc) is 3.59. The monoisotopic (exact) mass is 466 g/mol. The first-order chi connectivity index (χ1) is 15.3. The van der Waals surface area contributed by atoms with Gasteiger partial charge in [0.2, 0.25) is 15.9 Å². The molecule has 7 nitrogen and oxygen atoms in total. The molecule has 0 spiro atoms. The molecule has 2 aromatic rings. The van der Waals surface area contributed by atoms with Crippen molar-refractivity contribution in [1.82, 2.24) is 9.62 Å². The molecule has 0 radical (unpaired) electrons. The van der Waals surface area contributed by atoms with Gasteiger partial charge in [-0.15, -0.1) is 0 Å². The second-order valence-corrected chi connectivity index (χ2v) is 9.56. The smallest absolute Gasteiger partial charge is 0.240 e. The number of sulfonamides is 1. The van der Waals surface area contributed by atoms with Crippen molar-refractivity contribution in [2.75, 3.05) is 19.8 Å². The van der Waals surface area contributed by atoms with Gasteiger partial charge < -0.3 is 14.4 Å². The maximum atomic E-state index is 14.0. The van der Waals surface area contributed by atoms with Crippen LogP contribution in [0.15, 0.2) is 41.3 Å². The fourth-order valence-corrected chi connectivity index (χ4v) is 4.52. The van der Waals surface area contributed by atoms with E-state index in [2.05, 4.69) is 4.72 Å². The van der Waals surface area contributed by atoms with Crippen LogP contribution in [0.2, 0.25) is 0 Å². The second-order valence-electron chi connectivity index (χ2n) is 7.80. The number of amides is 1. The summed E-state index contributed by atoms with van der Waals surface area (Å²) in [4.78, 5) is 14.3. The molecule has 0 atom stereocenters. The van der Waals surface area contributed by atoms with Gasteiger partial charge in [-0.2, -0.15) is 0 Å². The molecule has 4 rings (SSSR count). The number of rotatable bonds is 8. The first-order valence-corrected chi connectivity index (χ1v) is 11.9. The van der Waals surface area contributed by atoms with Crippen LogP contribution in [0.3, 0.4) is 0 Å². The van der Waals surface area contributed by atoms with E-state index in [1.165, 1.54) is 23.1 Å². The number of nitrogens with zero attached hydrogens (tertiary/aromatic N) is 1. The zero-order valence-corrected chi connectivity index (χ0v) is 18.2. The van der Waals surface area contributed by atoms with E-state index < -0.39 is 21.7 Å². The Labute approximate surface area is 185 Å². The number of ether oxygens (including phenoxy) is 2. The zero-order chi connectivity index (χ0) is 22.7. The van der Waals surface area contributed by atoms with Gasteiger partial charge in [-0.25, -0.2) is 21.9 Å². The molecule has 1 saturated carbocycles. The van der Waals surface area contributed by atoms with E-state index in [9.17, 15) is 22.0 Å². The van der Waals surface area contributed by atoms with Crippen LogP contribution in [-0.4, -0.2) is 45.0 Å². The third-order valence-corrected chi connectivity index (χ3v) is 6.78. The average molecular weight is 467 g/mol. The van der Waals surface area contributed by atoms with Crippen molar-refractivity contribution in [3.63, 3.8) is 0 Å². The van der Waals surface area contributed by atoms with Crippen molar-refractivity contribution < 1.29 is 31.5 Å². The number of halogens is 2. The highest BCUT2D eigenvalue weighted by Crippen LogP contribution is 2.32. The standard InChI is InChI=1S/C22H24F2N2O5S/c23-16-3-2-15(19(24)12-16)14-26(17-4-5-17)22(27)8-9-25-32(28,29)18-6-7-20-21(13-18)31-11-1-10-30-20/h2-3,6-7,12-13,17,25H,1,4-5,8-11,14H2. The van der Waals surface area contributed by atoms with Crippen LogP contribution in [0, 0.1) is 11.6 Å². The van der Waals surface area contributed by atoms with E-state index >= 15 is 0 Å². The maximum Gasteiger partial charge on any atom is 0.240 e. The third-order valence-electron chi connectivity index (χ3n) is 5.32. The van der Waals surface area contributed by atoms with Gasteiger partial charge in [0.15, 0.2) is 11.5 Å². The number of hydrogen-bond donors (Lipinski definition) is 1. The second kappa shape index (κ2) is 9.41. The summed E-state index contributed by atoms with van der Waals surface area (Å²) in [6, 6.07) is 7.62. The predicted molar refractivity (Wildman–Crippen MR) is 112 cm³/mol. The molecule has 1 N–H and O–H groups in total. The highest BCUT2D eigenvalue weighted by atomic mass is 32.2. The van der Waals surface area contributed by atoms with E-state index in [-0.39, 0.29) is 41.9 Å². The number of fused-ring (bicyclic) bond motifs is 1. The summed E-state index contributed by atoms with van der Waals surface area (Å²) in [5.74, 6) is -0.830. The highest BCUT2D eigenvalue weighted by Gasteiger charge is 2.33. The Morgan fingerprint density at radius 1 is 1.06 bits per heavy atom. The van der Waals surface area contributed by atoms with Gasteiger partial charge >= 0.3 is 0 Å².